The van der Waals surface area contributed by atoms with Crippen molar-refractivity contribution in [1.29, 1.82) is 0 Å². The summed E-state index contributed by atoms with van der Waals surface area (Å²) in [4.78, 5) is 24.0. The molecular formula is C26H29F2N5O3S. The molecule has 1 aliphatic heterocycles. The van der Waals surface area contributed by atoms with Crippen LogP contribution in [0.1, 0.15) is 49.5 Å². The summed E-state index contributed by atoms with van der Waals surface area (Å²) in [5.41, 5.74) is 2.16. The first-order chi connectivity index (χ1) is 17.3. The van der Waals surface area contributed by atoms with Gasteiger partial charge in [-0.1, -0.05) is 51.1 Å². The maximum Gasteiger partial charge on any atom is 0.259 e. The number of nitrogens with one attached hydrogen (secondary N) is 1. The number of aromatic nitrogens is 2. The molecular weight excluding hydrogens is 500 g/mol. The van der Waals surface area contributed by atoms with Gasteiger partial charge in [0.2, 0.25) is 0 Å². The third-order valence-electron chi connectivity index (χ3n) is 6.20. The second kappa shape index (κ2) is 9.79. The summed E-state index contributed by atoms with van der Waals surface area (Å²) in [6, 6.07) is 12.1. The van der Waals surface area contributed by atoms with Gasteiger partial charge in [-0.05, 0) is 22.6 Å². The number of sulfonamides is 1. The number of benzene rings is 1. The van der Waals surface area contributed by atoms with Crippen molar-refractivity contribution in [3.8, 4) is 11.1 Å². The molecule has 11 heteroatoms. The van der Waals surface area contributed by atoms with Gasteiger partial charge in [-0.15, -0.1) is 0 Å². The Hall–Kier alpha value is -3.44. The lowest BCUT2D eigenvalue weighted by Gasteiger charge is -2.35. The molecule has 1 aliphatic rings. The molecule has 2 aromatic heterocycles. The van der Waals surface area contributed by atoms with E-state index in [9.17, 15) is 22.0 Å². The van der Waals surface area contributed by atoms with Gasteiger partial charge in [-0.25, -0.2) is 32.3 Å². The van der Waals surface area contributed by atoms with Gasteiger partial charge in [0, 0.05) is 55.6 Å². The Labute approximate surface area is 215 Å². The number of halogens is 2. The van der Waals surface area contributed by atoms with E-state index in [1.54, 1.807) is 11.1 Å². The molecule has 1 amide bonds. The number of primary sulfonamides is 1. The van der Waals surface area contributed by atoms with Crippen molar-refractivity contribution in [3.63, 3.8) is 0 Å². The number of piperidine rings is 1. The van der Waals surface area contributed by atoms with Gasteiger partial charge in [0.15, 0.2) is 5.03 Å². The summed E-state index contributed by atoms with van der Waals surface area (Å²) in [6.07, 6.45) is 2.22. The van der Waals surface area contributed by atoms with E-state index in [1.165, 1.54) is 18.3 Å². The lowest BCUT2D eigenvalue weighted by molar-refractivity contribution is -0.0221. The summed E-state index contributed by atoms with van der Waals surface area (Å²) in [5.74, 6) is -3.01. The zero-order valence-corrected chi connectivity index (χ0v) is 21.6. The van der Waals surface area contributed by atoms with Crippen LogP contribution in [-0.2, 0) is 15.4 Å². The van der Waals surface area contributed by atoms with Crippen LogP contribution in [0, 0.1) is 0 Å². The minimum atomic E-state index is -4.09. The van der Waals surface area contributed by atoms with Gasteiger partial charge in [0.25, 0.3) is 21.9 Å². The standard InChI is InChI=1S/C26H29F2N5O3S/c1-25(2,3)22-19(17-7-5-4-6-8-17)16-31-23(33-13-10-26(27,28)11-14-33)21(22)24(34)32-18-9-12-30-20(15-18)37(29,35)36/h4-9,12,15-16H,10-11,13-14H2,1-3H3,(H2,29,35,36)(H,30,32,34). The van der Waals surface area contributed by atoms with E-state index < -0.39 is 32.3 Å². The Morgan fingerprint density at radius 1 is 1.08 bits per heavy atom. The summed E-state index contributed by atoms with van der Waals surface area (Å²) >= 11 is 0. The number of nitrogens with two attached hydrogens (primary N) is 1. The van der Waals surface area contributed by atoms with Crippen molar-refractivity contribution in [1.82, 2.24) is 9.97 Å². The number of amides is 1. The topological polar surface area (TPSA) is 118 Å². The molecule has 4 rings (SSSR count). The Morgan fingerprint density at radius 2 is 1.73 bits per heavy atom. The van der Waals surface area contributed by atoms with Crippen LogP contribution in [0.4, 0.5) is 20.3 Å². The molecule has 0 saturated carbocycles. The van der Waals surface area contributed by atoms with Gasteiger partial charge in [-0.2, -0.15) is 0 Å². The molecule has 196 valence electrons. The molecule has 0 unspecified atom stereocenters. The maximum atomic E-state index is 13.9. The summed E-state index contributed by atoms with van der Waals surface area (Å²) in [6.45, 7) is 5.97. The number of nitrogens with zero attached hydrogens (tertiary/aromatic N) is 3. The number of hydrogen-bond acceptors (Lipinski definition) is 6. The van der Waals surface area contributed by atoms with Gasteiger partial charge >= 0.3 is 0 Å². The third-order valence-corrected chi connectivity index (χ3v) is 7.01. The first-order valence-corrected chi connectivity index (χ1v) is 13.3. The van der Waals surface area contributed by atoms with E-state index >= 15 is 0 Å². The molecule has 0 radical (unpaired) electrons. The number of anilines is 2. The molecule has 1 saturated heterocycles. The normalized spacial score (nSPS) is 15.9. The van der Waals surface area contributed by atoms with Crippen LogP contribution in [0.5, 0.6) is 0 Å². The largest absolute Gasteiger partial charge is 0.355 e. The second-order valence-electron chi connectivity index (χ2n) is 10.1. The molecule has 0 aliphatic carbocycles. The van der Waals surface area contributed by atoms with Crippen LogP contribution >= 0.6 is 0 Å². The van der Waals surface area contributed by atoms with E-state index in [0.717, 1.165) is 11.1 Å². The highest BCUT2D eigenvalue weighted by molar-refractivity contribution is 7.89. The minimum Gasteiger partial charge on any atom is -0.355 e. The van der Waals surface area contributed by atoms with E-state index in [2.05, 4.69) is 15.3 Å². The summed E-state index contributed by atoms with van der Waals surface area (Å²) in [7, 11) is -4.09. The van der Waals surface area contributed by atoms with Crippen LogP contribution in [-0.4, -0.2) is 43.3 Å². The quantitative estimate of drug-likeness (QED) is 0.500. The number of alkyl halides is 2. The van der Waals surface area contributed by atoms with Crippen molar-refractivity contribution >= 4 is 27.4 Å². The minimum absolute atomic E-state index is 0.0410. The zero-order valence-electron chi connectivity index (χ0n) is 20.8. The fourth-order valence-electron chi connectivity index (χ4n) is 4.45. The lowest BCUT2D eigenvalue weighted by Crippen LogP contribution is -2.41. The Kier molecular flexibility index (Phi) is 7.04. The number of carbonyl (C=O) groups is 1. The van der Waals surface area contributed by atoms with Crippen molar-refractivity contribution in [2.75, 3.05) is 23.3 Å². The van der Waals surface area contributed by atoms with Gasteiger partial charge in [0.1, 0.15) is 5.82 Å². The van der Waals surface area contributed by atoms with Gasteiger partial charge in [-0.3, -0.25) is 4.79 Å². The predicted octanol–water partition coefficient (Wildman–Crippen LogP) is 4.58. The zero-order chi connectivity index (χ0) is 27.0. The highest BCUT2D eigenvalue weighted by atomic mass is 32.2. The summed E-state index contributed by atoms with van der Waals surface area (Å²) < 4.78 is 51.4. The third kappa shape index (κ3) is 5.94. The molecule has 37 heavy (non-hydrogen) atoms. The van der Waals surface area contributed by atoms with Crippen LogP contribution < -0.4 is 15.4 Å². The van der Waals surface area contributed by atoms with Crippen molar-refractivity contribution < 1.29 is 22.0 Å². The summed E-state index contributed by atoms with van der Waals surface area (Å²) in [5, 5.41) is 7.55. The number of hydrogen-bond donors (Lipinski definition) is 2. The smallest absolute Gasteiger partial charge is 0.259 e. The van der Waals surface area contributed by atoms with E-state index in [4.69, 9.17) is 5.14 Å². The van der Waals surface area contributed by atoms with E-state index in [0.29, 0.717) is 11.4 Å². The molecule has 0 atom stereocenters. The average molecular weight is 530 g/mol. The number of carbonyl (C=O) groups excluding carboxylic acids is 1. The monoisotopic (exact) mass is 529 g/mol. The average Bonchev–Trinajstić information content (AvgIpc) is 2.83. The molecule has 3 heterocycles. The SMILES string of the molecule is CC(C)(C)c1c(-c2ccccc2)cnc(N2CCC(F)(F)CC2)c1C(=O)Nc1ccnc(S(N)(=O)=O)c1. The fourth-order valence-corrected chi connectivity index (χ4v) is 4.95. The first kappa shape index (κ1) is 26.6. The highest BCUT2D eigenvalue weighted by Gasteiger charge is 2.37. The molecule has 1 fully saturated rings. The van der Waals surface area contributed by atoms with Crippen LogP contribution in [0.3, 0.4) is 0 Å². The van der Waals surface area contributed by atoms with Gasteiger partial charge < -0.3 is 10.2 Å². The molecule has 0 bridgehead atoms. The highest BCUT2D eigenvalue weighted by Crippen LogP contribution is 2.40. The van der Waals surface area contributed by atoms with Crippen LogP contribution in [0.25, 0.3) is 11.1 Å². The maximum absolute atomic E-state index is 13.9. The van der Waals surface area contributed by atoms with Crippen LogP contribution in [0.2, 0.25) is 0 Å². The molecule has 1 aromatic carbocycles. The number of pyridine rings is 2. The second-order valence-corrected chi connectivity index (χ2v) is 11.6. The number of rotatable bonds is 5. The lowest BCUT2D eigenvalue weighted by atomic mass is 9.79. The van der Waals surface area contributed by atoms with E-state index in [-0.39, 0.29) is 37.2 Å². The van der Waals surface area contributed by atoms with Crippen molar-refractivity contribution in [2.45, 2.75) is 50.0 Å². The molecule has 3 aromatic rings. The molecule has 3 N–H and O–H groups in total. The van der Waals surface area contributed by atoms with Crippen molar-refractivity contribution in [2.24, 2.45) is 5.14 Å². The van der Waals surface area contributed by atoms with E-state index in [1.807, 2.05) is 51.1 Å². The van der Waals surface area contributed by atoms with Gasteiger partial charge in [0.05, 0.1) is 5.56 Å². The Balaban J connectivity index is 1.88. The van der Waals surface area contributed by atoms with Crippen LogP contribution in [0.15, 0.2) is 59.9 Å². The molecule has 8 nitrogen and oxygen atoms in total. The Bertz CT molecular complexity index is 1410. The fraction of sp³-hybridized carbons (Fsp3) is 0.346. The molecule has 0 spiro atoms. The first-order valence-electron chi connectivity index (χ1n) is 11.8. The van der Waals surface area contributed by atoms with Crippen molar-refractivity contribution in [3.05, 3.63) is 66.0 Å². The Morgan fingerprint density at radius 3 is 2.32 bits per heavy atom. The predicted molar refractivity (Wildman–Crippen MR) is 138 cm³/mol.